The van der Waals surface area contributed by atoms with Gasteiger partial charge in [0.1, 0.15) is 5.75 Å². The van der Waals surface area contributed by atoms with E-state index >= 15 is 0 Å². The van der Waals surface area contributed by atoms with Gasteiger partial charge in [0.05, 0.1) is 12.3 Å². The number of hydrogen-bond donors (Lipinski definition) is 0. The van der Waals surface area contributed by atoms with Crippen molar-refractivity contribution in [1.29, 1.82) is 0 Å². The van der Waals surface area contributed by atoms with E-state index in [1.54, 1.807) is 0 Å². The fourth-order valence-electron chi connectivity index (χ4n) is 1.78. The van der Waals surface area contributed by atoms with E-state index in [-0.39, 0.29) is 5.41 Å². The smallest absolute Gasteiger partial charge is 0.138 e. The second-order valence-electron chi connectivity index (χ2n) is 5.40. The molecule has 0 spiro atoms. The molecule has 0 amide bonds. The highest BCUT2D eigenvalue weighted by Crippen LogP contribution is 2.29. The largest absolute Gasteiger partial charge is 0.489 e. The van der Waals surface area contributed by atoms with Crippen LogP contribution in [0.3, 0.4) is 0 Å². The molecule has 0 aliphatic heterocycles. The Kier molecular flexibility index (Phi) is 2.45. The normalized spacial score (nSPS) is 16.5. The van der Waals surface area contributed by atoms with Gasteiger partial charge in [-0.1, -0.05) is 20.8 Å². The zero-order valence-electron chi connectivity index (χ0n) is 10.0. The molecular formula is C13H19NO. The number of pyridine rings is 1. The molecule has 1 aromatic rings. The van der Waals surface area contributed by atoms with Crippen LogP contribution in [-0.2, 0) is 5.41 Å². The minimum atomic E-state index is 0.113. The van der Waals surface area contributed by atoms with Crippen molar-refractivity contribution in [3.8, 4) is 5.75 Å². The van der Waals surface area contributed by atoms with Gasteiger partial charge in [-0.25, -0.2) is 0 Å². The van der Waals surface area contributed by atoms with Gasteiger partial charge in [0.2, 0.25) is 0 Å². The summed E-state index contributed by atoms with van der Waals surface area (Å²) < 4.78 is 5.71. The van der Waals surface area contributed by atoms with Gasteiger partial charge in [0.15, 0.2) is 0 Å². The number of ether oxygens (including phenoxy) is 1. The maximum atomic E-state index is 5.71. The molecule has 2 nitrogen and oxygen atoms in total. The van der Waals surface area contributed by atoms with Crippen molar-refractivity contribution in [3.63, 3.8) is 0 Å². The number of nitrogens with zero attached hydrogens (tertiary/aromatic N) is 1. The third-order valence-electron chi connectivity index (χ3n) is 2.59. The zero-order valence-corrected chi connectivity index (χ0v) is 10.0. The van der Waals surface area contributed by atoms with E-state index in [1.807, 2.05) is 6.20 Å². The monoisotopic (exact) mass is 205 g/mol. The molecule has 1 aromatic heterocycles. The standard InChI is InChI=1S/C13H19NO/c1-9-7-11(15-10-5-6-10)8-14-12(9)13(2,3)4/h7-8,10H,5-6H2,1-4H3. The Hall–Kier alpha value is -1.05. The summed E-state index contributed by atoms with van der Waals surface area (Å²) in [4.78, 5) is 4.51. The van der Waals surface area contributed by atoms with Gasteiger partial charge in [-0.15, -0.1) is 0 Å². The van der Waals surface area contributed by atoms with Crippen LogP contribution in [0.4, 0.5) is 0 Å². The molecule has 1 aliphatic carbocycles. The Labute approximate surface area is 91.7 Å². The van der Waals surface area contributed by atoms with E-state index in [9.17, 15) is 0 Å². The Morgan fingerprint density at radius 3 is 2.47 bits per heavy atom. The Bertz CT molecular complexity index is 361. The molecule has 15 heavy (non-hydrogen) atoms. The van der Waals surface area contributed by atoms with E-state index in [0.717, 1.165) is 11.4 Å². The fraction of sp³-hybridized carbons (Fsp3) is 0.615. The van der Waals surface area contributed by atoms with Gasteiger partial charge in [0.25, 0.3) is 0 Å². The van der Waals surface area contributed by atoms with Gasteiger partial charge in [-0.3, -0.25) is 4.98 Å². The third kappa shape index (κ3) is 2.49. The van der Waals surface area contributed by atoms with Crippen molar-refractivity contribution in [2.24, 2.45) is 0 Å². The van der Waals surface area contributed by atoms with Crippen LogP contribution in [0.1, 0.15) is 44.9 Å². The molecule has 1 heterocycles. The van der Waals surface area contributed by atoms with E-state index < -0.39 is 0 Å². The van der Waals surface area contributed by atoms with Crippen molar-refractivity contribution < 1.29 is 4.74 Å². The first-order valence-electron chi connectivity index (χ1n) is 5.60. The summed E-state index contributed by atoms with van der Waals surface area (Å²) in [6.07, 6.45) is 4.69. The Morgan fingerprint density at radius 2 is 2.00 bits per heavy atom. The van der Waals surface area contributed by atoms with E-state index in [1.165, 1.54) is 18.4 Å². The lowest BCUT2D eigenvalue weighted by Gasteiger charge is -2.20. The Balaban J connectivity index is 2.21. The number of aryl methyl sites for hydroxylation is 1. The van der Waals surface area contributed by atoms with Gasteiger partial charge < -0.3 is 4.74 Å². The van der Waals surface area contributed by atoms with Crippen LogP contribution in [0, 0.1) is 6.92 Å². The molecule has 0 N–H and O–H groups in total. The zero-order chi connectivity index (χ0) is 11.1. The molecule has 0 atom stereocenters. The lowest BCUT2D eigenvalue weighted by Crippen LogP contribution is -2.15. The molecule has 1 fully saturated rings. The maximum Gasteiger partial charge on any atom is 0.138 e. The van der Waals surface area contributed by atoms with Gasteiger partial charge in [-0.05, 0) is 31.4 Å². The minimum Gasteiger partial charge on any atom is -0.489 e. The van der Waals surface area contributed by atoms with Crippen LogP contribution < -0.4 is 4.74 Å². The Morgan fingerprint density at radius 1 is 1.33 bits per heavy atom. The molecule has 0 bridgehead atoms. The molecule has 2 rings (SSSR count). The first-order chi connectivity index (χ1) is 6.97. The molecule has 1 aliphatic rings. The molecule has 0 unspecified atom stereocenters. The highest BCUT2D eigenvalue weighted by atomic mass is 16.5. The van der Waals surface area contributed by atoms with Crippen LogP contribution in [0.2, 0.25) is 0 Å². The third-order valence-corrected chi connectivity index (χ3v) is 2.59. The summed E-state index contributed by atoms with van der Waals surface area (Å²) in [6, 6.07) is 2.10. The van der Waals surface area contributed by atoms with E-state index in [0.29, 0.717) is 6.10 Å². The van der Waals surface area contributed by atoms with Crippen molar-refractivity contribution in [2.75, 3.05) is 0 Å². The molecule has 0 aromatic carbocycles. The van der Waals surface area contributed by atoms with Crippen molar-refractivity contribution >= 4 is 0 Å². The summed E-state index contributed by atoms with van der Waals surface area (Å²) in [5.74, 6) is 0.919. The van der Waals surface area contributed by atoms with Gasteiger partial charge >= 0.3 is 0 Å². The number of aromatic nitrogens is 1. The number of hydrogen-bond acceptors (Lipinski definition) is 2. The second kappa shape index (κ2) is 3.51. The maximum absolute atomic E-state index is 5.71. The van der Waals surface area contributed by atoms with Crippen LogP contribution in [0.25, 0.3) is 0 Å². The highest BCUT2D eigenvalue weighted by molar-refractivity contribution is 5.32. The fourth-order valence-corrected chi connectivity index (χ4v) is 1.78. The van der Waals surface area contributed by atoms with Crippen molar-refractivity contribution in [1.82, 2.24) is 4.98 Å². The molecule has 2 heteroatoms. The van der Waals surface area contributed by atoms with Crippen LogP contribution in [0.5, 0.6) is 5.75 Å². The van der Waals surface area contributed by atoms with Crippen molar-refractivity contribution in [3.05, 3.63) is 23.5 Å². The van der Waals surface area contributed by atoms with E-state index in [4.69, 9.17) is 4.74 Å². The van der Waals surface area contributed by atoms with Gasteiger partial charge in [0, 0.05) is 11.1 Å². The molecular weight excluding hydrogens is 186 g/mol. The van der Waals surface area contributed by atoms with Gasteiger partial charge in [-0.2, -0.15) is 0 Å². The van der Waals surface area contributed by atoms with Crippen LogP contribution in [0.15, 0.2) is 12.3 Å². The lowest BCUT2D eigenvalue weighted by molar-refractivity contribution is 0.301. The van der Waals surface area contributed by atoms with E-state index in [2.05, 4.69) is 38.7 Å². The summed E-state index contributed by atoms with van der Waals surface area (Å²) in [5.41, 5.74) is 2.49. The predicted octanol–water partition coefficient (Wildman–Crippen LogP) is 3.23. The minimum absolute atomic E-state index is 0.113. The summed E-state index contributed by atoms with van der Waals surface area (Å²) in [7, 11) is 0. The first-order valence-corrected chi connectivity index (χ1v) is 5.60. The van der Waals surface area contributed by atoms with Crippen LogP contribution in [-0.4, -0.2) is 11.1 Å². The average molecular weight is 205 g/mol. The second-order valence-corrected chi connectivity index (χ2v) is 5.40. The summed E-state index contributed by atoms with van der Waals surface area (Å²) in [6.45, 7) is 8.66. The van der Waals surface area contributed by atoms with Crippen molar-refractivity contribution in [2.45, 2.75) is 52.1 Å². The predicted molar refractivity (Wildman–Crippen MR) is 61.3 cm³/mol. The summed E-state index contributed by atoms with van der Waals surface area (Å²) in [5, 5.41) is 0. The molecule has 1 saturated carbocycles. The number of rotatable bonds is 2. The lowest BCUT2D eigenvalue weighted by atomic mass is 9.89. The molecule has 0 saturated heterocycles. The molecule has 0 radical (unpaired) electrons. The highest BCUT2D eigenvalue weighted by Gasteiger charge is 2.24. The quantitative estimate of drug-likeness (QED) is 0.739. The topological polar surface area (TPSA) is 22.1 Å². The molecule has 82 valence electrons. The summed E-state index contributed by atoms with van der Waals surface area (Å²) >= 11 is 0. The average Bonchev–Trinajstić information content (AvgIpc) is 2.85. The first kappa shape index (κ1) is 10.5. The SMILES string of the molecule is Cc1cc(OC2CC2)cnc1C(C)(C)C. The van der Waals surface area contributed by atoms with Crippen LogP contribution >= 0.6 is 0 Å².